The third-order valence-corrected chi connectivity index (χ3v) is 4.36. The average Bonchev–Trinajstić information content (AvgIpc) is 3.01. The van der Waals surface area contributed by atoms with Gasteiger partial charge in [0.05, 0.1) is 11.6 Å². The molecule has 144 valence electrons. The fourth-order valence-corrected chi connectivity index (χ4v) is 3.28. The van der Waals surface area contributed by atoms with Crippen LogP contribution in [0.25, 0.3) is 17.0 Å². The summed E-state index contributed by atoms with van der Waals surface area (Å²) in [6, 6.07) is 8.53. The van der Waals surface area contributed by atoms with Gasteiger partial charge in [0, 0.05) is 33.3 Å². The van der Waals surface area contributed by atoms with Crippen LogP contribution in [0.5, 0.6) is 0 Å². The molecule has 0 saturated heterocycles. The number of hydrogen-bond acceptors (Lipinski definition) is 3. The lowest BCUT2D eigenvalue weighted by Crippen LogP contribution is -2.08. The number of esters is 1. The Bertz CT molecular complexity index is 1080. The Labute approximate surface area is 170 Å². The van der Waals surface area contributed by atoms with Gasteiger partial charge in [0.15, 0.2) is 0 Å². The summed E-state index contributed by atoms with van der Waals surface area (Å²) in [6.45, 7) is 1.88. The van der Waals surface area contributed by atoms with Crippen LogP contribution in [0.3, 0.4) is 0 Å². The second kappa shape index (κ2) is 8.46. The molecule has 0 radical (unpaired) electrons. The normalized spacial score (nSPS) is 11.1. The predicted octanol–water partition coefficient (Wildman–Crippen LogP) is 5.44. The lowest BCUT2D eigenvalue weighted by molar-refractivity contribution is -0.111. The Hall–Kier alpha value is -2.83. The van der Waals surface area contributed by atoms with Crippen molar-refractivity contribution in [3.05, 3.63) is 69.6 Å². The number of carbonyl (C=O) groups excluding carboxylic acids is 2. The van der Waals surface area contributed by atoms with Gasteiger partial charge in [0.2, 0.25) is 5.91 Å². The third-order valence-electron chi connectivity index (χ3n) is 3.85. The number of hydrogen-bond donors (Lipinski definition) is 2. The highest BCUT2D eigenvalue weighted by atomic mass is 35.5. The average molecular weight is 421 g/mol. The number of anilines is 1. The monoisotopic (exact) mass is 420 g/mol. The molecule has 2 N–H and O–H groups in total. The number of ether oxygens (including phenoxy) is 1. The number of fused-ring (bicyclic) bond motifs is 1. The summed E-state index contributed by atoms with van der Waals surface area (Å²) in [6.07, 6.45) is 2.71. The van der Waals surface area contributed by atoms with Crippen molar-refractivity contribution in [2.24, 2.45) is 0 Å². The Morgan fingerprint density at radius 1 is 1.21 bits per heavy atom. The zero-order valence-electron chi connectivity index (χ0n) is 14.7. The quantitative estimate of drug-likeness (QED) is 0.426. The molecule has 0 atom stereocenters. The van der Waals surface area contributed by atoms with Gasteiger partial charge in [-0.25, -0.2) is 9.18 Å². The van der Waals surface area contributed by atoms with E-state index in [1.165, 1.54) is 36.4 Å². The third kappa shape index (κ3) is 4.35. The van der Waals surface area contributed by atoms with E-state index in [4.69, 9.17) is 27.9 Å². The first-order valence-corrected chi connectivity index (χ1v) is 9.07. The van der Waals surface area contributed by atoms with Gasteiger partial charge in [-0.3, -0.25) is 4.79 Å². The van der Waals surface area contributed by atoms with Crippen LogP contribution in [0.1, 0.15) is 23.0 Å². The minimum Gasteiger partial charge on any atom is -0.461 e. The molecule has 0 aliphatic heterocycles. The van der Waals surface area contributed by atoms with Crippen LogP contribution in [0, 0.1) is 5.82 Å². The molecule has 28 heavy (non-hydrogen) atoms. The van der Waals surface area contributed by atoms with Crippen molar-refractivity contribution < 1.29 is 18.7 Å². The maximum atomic E-state index is 13.0. The van der Waals surface area contributed by atoms with Gasteiger partial charge in [-0.1, -0.05) is 23.2 Å². The van der Waals surface area contributed by atoms with Crippen LogP contribution in [-0.4, -0.2) is 23.5 Å². The molecule has 0 unspecified atom stereocenters. The maximum absolute atomic E-state index is 13.0. The van der Waals surface area contributed by atoms with Crippen LogP contribution < -0.4 is 5.32 Å². The first-order valence-electron chi connectivity index (χ1n) is 8.31. The second-order valence-corrected chi connectivity index (χ2v) is 6.62. The van der Waals surface area contributed by atoms with Crippen molar-refractivity contribution in [1.29, 1.82) is 0 Å². The van der Waals surface area contributed by atoms with Gasteiger partial charge in [-0.2, -0.15) is 0 Å². The molecule has 3 rings (SSSR count). The highest BCUT2D eigenvalue weighted by Gasteiger charge is 2.19. The molecule has 0 fully saturated rings. The Morgan fingerprint density at radius 3 is 2.61 bits per heavy atom. The van der Waals surface area contributed by atoms with Gasteiger partial charge in [0.25, 0.3) is 0 Å². The number of aromatic amines is 1. The van der Waals surface area contributed by atoms with Gasteiger partial charge >= 0.3 is 5.97 Å². The van der Waals surface area contributed by atoms with E-state index in [0.29, 0.717) is 32.2 Å². The number of H-pyrrole nitrogens is 1. The van der Waals surface area contributed by atoms with Crippen molar-refractivity contribution in [1.82, 2.24) is 4.98 Å². The molecule has 0 aliphatic carbocycles. The van der Waals surface area contributed by atoms with Crippen LogP contribution in [0.15, 0.2) is 42.5 Å². The number of halogens is 3. The van der Waals surface area contributed by atoms with E-state index < -0.39 is 17.7 Å². The molecule has 3 aromatic rings. The number of carbonyl (C=O) groups is 2. The van der Waals surface area contributed by atoms with E-state index in [9.17, 15) is 14.0 Å². The first-order chi connectivity index (χ1) is 13.4. The molecule has 2 aromatic carbocycles. The van der Waals surface area contributed by atoms with Crippen molar-refractivity contribution in [2.45, 2.75) is 6.92 Å². The van der Waals surface area contributed by atoms with Crippen molar-refractivity contribution >= 4 is 57.7 Å². The van der Waals surface area contributed by atoms with E-state index in [1.807, 2.05) is 0 Å². The SMILES string of the molecule is CCOC(=O)c1[nH]c2cc(Cl)cc(Cl)c2c1/C=C/C(=O)Nc1ccc(F)cc1. The molecule has 0 saturated carbocycles. The van der Waals surface area contributed by atoms with Crippen LogP contribution >= 0.6 is 23.2 Å². The van der Waals surface area contributed by atoms with Gasteiger partial charge < -0.3 is 15.0 Å². The number of benzene rings is 2. The molecule has 1 aromatic heterocycles. The minimum absolute atomic E-state index is 0.159. The van der Waals surface area contributed by atoms with E-state index in [1.54, 1.807) is 19.1 Å². The van der Waals surface area contributed by atoms with Crippen molar-refractivity contribution in [2.75, 3.05) is 11.9 Å². The largest absolute Gasteiger partial charge is 0.461 e. The molecular formula is C20H15Cl2FN2O3. The Balaban J connectivity index is 1.96. The topological polar surface area (TPSA) is 71.2 Å². The summed E-state index contributed by atoms with van der Waals surface area (Å²) >= 11 is 12.3. The number of nitrogens with one attached hydrogen (secondary N) is 2. The molecular weight excluding hydrogens is 406 g/mol. The van der Waals surface area contributed by atoms with E-state index in [2.05, 4.69) is 10.3 Å². The molecule has 1 heterocycles. The summed E-state index contributed by atoms with van der Waals surface area (Å²) in [7, 11) is 0. The van der Waals surface area contributed by atoms with E-state index in [0.717, 1.165) is 0 Å². The molecule has 0 bridgehead atoms. The second-order valence-electron chi connectivity index (χ2n) is 5.77. The van der Waals surface area contributed by atoms with Gasteiger partial charge in [-0.15, -0.1) is 0 Å². The number of amides is 1. The molecule has 1 amide bonds. The van der Waals surface area contributed by atoms with Crippen LogP contribution in [-0.2, 0) is 9.53 Å². The summed E-state index contributed by atoms with van der Waals surface area (Å²) in [4.78, 5) is 27.4. The number of rotatable bonds is 5. The zero-order chi connectivity index (χ0) is 20.3. The summed E-state index contributed by atoms with van der Waals surface area (Å²) in [5.74, 6) is -1.44. The van der Waals surface area contributed by atoms with Gasteiger partial charge in [0.1, 0.15) is 11.5 Å². The highest BCUT2D eigenvalue weighted by Crippen LogP contribution is 2.33. The number of aromatic nitrogens is 1. The van der Waals surface area contributed by atoms with Crippen LogP contribution in [0.4, 0.5) is 10.1 Å². The van der Waals surface area contributed by atoms with E-state index in [-0.39, 0.29) is 12.3 Å². The fraction of sp³-hybridized carbons (Fsp3) is 0.100. The zero-order valence-corrected chi connectivity index (χ0v) is 16.2. The fourth-order valence-electron chi connectivity index (χ4n) is 2.68. The standard InChI is InChI=1S/C20H15Cl2FN2O3/c1-2-28-20(27)19-14(18-15(22)9-11(21)10-16(18)25-19)7-8-17(26)24-13-5-3-12(23)4-6-13/h3-10,25H,2H2,1H3,(H,24,26)/b8-7+. The molecule has 0 aliphatic rings. The molecule has 0 spiro atoms. The molecule has 5 nitrogen and oxygen atoms in total. The van der Waals surface area contributed by atoms with Crippen molar-refractivity contribution in [3.63, 3.8) is 0 Å². The highest BCUT2D eigenvalue weighted by molar-refractivity contribution is 6.39. The maximum Gasteiger partial charge on any atom is 0.355 e. The van der Waals surface area contributed by atoms with Crippen molar-refractivity contribution in [3.8, 4) is 0 Å². The first kappa shape index (κ1) is 19.9. The Kier molecular flexibility index (Phi) is 6.02. The van der Waals surface area contributed by atoms with Crippen LogP contribution in [0.2, 0.25) is 10.0 Å². The summed E-state index contributed by atoms with van der Waals surface area (Å²) in [5, 5.41) is 3.87. The Morgan fingerprint density at radius 2 is 1.93 bits per heavy atom. The summed E-state index contributed by atoms with van der Waals surface area (Å²) < 4.78 is 18.0. The predicted molar refractivity (Wildman–Crippen MR) is 108 cm³/mol. The minimum atomic E-state index is -0.579. The molecule has 8 heteroatoms. The lowest BCUT2D eigenvalue weighted by Gasteiger charge is -2.03. The lowest BCUT2D eigenvalue weighted by atomic mass is 10.1. The smallest absolute Gasteiger partial charge is 0.355 e. The van der Waals surface area contributed by atoms with Gasteiger partial charge in [-0.05, 0) is 49.4 Å². The summed E-state index contributed by atoms with van der Waals surface area (Å²) in [5.41, 5.74) is 1.54. The van der Waals surface area contributed by atoms with E-state index >= 15 is 0 Å².